The molecule has 2 amide bonds. The molecule has 1 rings (SSSR count). The number of hydrogen-bond donors (Lipinski definition) is 3. The molecule has 0 aliphatic carbocycles. The van der Waals surface area contributed by atoms with Crippen molar-refractivity contribution in [2.24, 2.45) is 7.05 Å². The summed E-state index contributed by atoms with van der Waals surface area (Å²) in [6.07, 6.45) is 2.92. The monoisotopic (exact) mass is 268 g/mol. The fraction of sp³-hybridized carbons (Fsp3) is 0.583. The second-order valence-electron chi connectivity index (χ2n) is 4.42. The van der Waals surface area contributed by atoms with Crippen molar-refractivity contribution >= 4 is 12.0 Å². The zero-order valence-electron chi connectivity index (χ0n) is 11.4. The fourth-order valence-electron chi connectivity index (χ4n) is 1.75. The number of aryl methyl sites for hydroxylation is 2. The number of amides is 2. The molecule has 0 radical (unpaired) electrons. The third kappa shape index (κ3) is 4.61. The molecule has 1 heterocycles. The summed E-state index contributed by atoms with van der Waals surface area (Å²) >= 11 is 0. The van der Waals surface area contributed by atoms with Crippen LogP contribution in [0.3, 0.4) is 0 Å². The van der Waals surface area contributed by atoms with Gasteiger partial charge in [0.25, 0.3) is 0 Å². The van der Waals surface area contributed by atoms with E-state index in [-0.39, 0.29) is 0 Å². The fourth-order valence-corrected chi connectivity index (χ4v) is 1.75. The number of urea groups is 1. The van der Waals surface area contributed by atoms with Crippen molar-refractivity contribution in [3.05, 3.63) is 17.5 Å². The van der Waals surface area contributed by atoms with E-state index >= 15 is 0 Å². The maximum atomic E-state index is 11.6. The quantitative estimate of drug-likeness (QED) is 0.710. The Morgan fingerprint density at radius 1 is 1.53 bits per heavy atom. The number of aliphatic carboxylic acids is 1. The highest BCUT2D eigenvalue weighted by atomic mass is 16.4. The minimum atomic E-state index is -1.02. The summed E-state index contributed by atoms with van der Waals surface area (Å²) in [6, 6.07) is -1.33. The Balaban J connectivity index is 2.47. The van der Waals surface area contributed by atoms with E-state index in [0.717, 1.165) is 11.3 Å². The second-order valence-corrected chi connectivity index (χ2v) is 4.42. The Bertz CT molecular complexity index is 456. The highest BCUT2D eigenvalue weighted by Gasteiger charge is 2.18. The van der Waals surface area contributed by atoms with Gasteiger partial charge in [0.05, 0.1) is 5.69 Å². The van der Waals surface area contributed by atoms with Crippen LogP contribution in [0.5, 0.6) is 0 Å². The number of carbonyl (C=O) groups is 2. The zero-order valence-corrected chi connectivity index (χ0v) is 11.4. The smallest absolute Gasteiger partial charge is 0.326 e. The van der Waals surface area contributed by atoms with Crippen LogP contribution in [0.2, 0.25) is 0 Å². The van der Waals surface area contributed by atoms with Crippen LogP contribution in [0, 0.1) is 6.92 Å². The lowest BCUT2D eigenvalue weighted by Crippen LogP contribution is -2.45. The molecule has 1 aromatic heterocycles. The van der Waals surface area contributed by atoms with Gasteiger partial charge in [0.15, 0.2) is 0 Å². The Morgan fingerprint density at radius 2 is 2.21 bits per heavy atom. The van der Waals surface area contributed by atoms with E-state index in [0.29, 0.717) is 19.4 Å². The van der Waals surface area contributed by atoms with Crippen LogP contribution < -0.4 is 10.6 Å². The first-order chi connectivity index (χ1) is 8.93. The molecule has 7 nitrogen and oxygen atoms in total. The molecule has 19 heavy (non-hydrogen) atoms. The topological polar surface area (TPSA) is 96.3 Å². The number of carboxylic acids is 1. The van der Waals surface area contributed by atoms with Gasteiger partial charge in [-0.3, -0.25) is 4.68 Å². The third-order valence-corrected chi connectivity index (χ3v) is 2.74. The van der Waals surface area contributed by atoms with Gasteiger partial charge in [0.2, 0.25) is 0 Å². The molecule has 1 aromatic rings. The zero-order chi connectivity index (χ0) is 14.4. The van der Waals surface area contributed by atoms with Crippen molar-refractivity contribution in [1.82, 2.24) is 20.4 Å². The van der Waals surface area contributed by atoms with Crippen molar-refractivity contribution in [1.29, 1.82) is 0 Å². The van der Waals surface area contributed by atoms with E-state index in [9.17, 15) is 9.59 Å². The lowest BCUT2D eigenvalue weighted by atomic mass is 10.2. The first kappa shape index (κ1) is 15.0. The number of hydrogen-bond acceptors (Lipinski definition) is 3. The molecule has 0 fully saturated rings. The van der Waals surface area contributed by atoms with Crippen LogP contribution in [0.1, 0.15) is 31.0 Å². The van der Waals surface area contributed by atoms with Gasteiger partial charge in [0.1, 0.15) is 6.04 Å². The molecule has 0 saturated carbocycles. The number of carbonyl (C=O) groups excluding carboxylic acids is 1. The van der Waals surface area contributed by atoms with Gasteiger partial charge < -0.3 is 15.7 Å². The number of nitrogens with one attached hydrogen (secondary N) is 2. The molecule has 106 valence electrons. The molecule has 7 heteroatoms. The molecular formula is C12H20N4O3. The molecular weight excluding hydrogens is 248 g/mol. The van der Waals surface area contributed by atoms with Crippen LogP contribution in [0.4, 0.5) is 4.79 Å². The Hall–Kier alpha value is -2.05. The summed E-state index contributed by atoms with van der Waals surface area (Å²) < 4.78 is 1.67. The lowest BCUT2D eigenvalue weighted by molar-refractivity contribution is -0.139. The van der Waals surface area contributed by atoms with Gasteiger partial charge in [-0.05, 0) is 13.3 Å². The van der Waals surface area contributed by atoms with E-state index in [1.54, 1.807) is 11.7 Å². The van der Waals surface area contributed by atoms with Gasteiger partial charge in [-0.2, -0.15) is 5.10 Å². The van der Waals surface area contributed by atoms with E-state index < -0.39 is 18.0 Å². The molecule has 3 N–H and O–H groups in total. The SMILES string of the molecule is CCC[C@H](NC(=O)NCc1cn(C)nc1C)C(=O)O. The minimum absolute atomic E-state index is 0.323. The number of nitrogens with zero attached hydrogens (tertiary/aromatic N) is 2. The molecule has 0 spiro atoms. The standard InChI is InChI=1S/C12H20N4O3/c1-4-5-10(11(17)18)14-12(19)13-6-9-7-16(3)15-8(9)2/h7,10H,4-6H2,1-3H3,(H,17,18)(H2,13,14,19)/t10-/m0/s1. The number of carboxylic acid groups (broad SMARTS) is 1. The average Bonchev–Trinajstić information content (AvgIpc) is 2.64. The van der Waals surface area contributed by atoms with E-state index in [2.05, 4.69) is 15.7 Å². The van der Waals surface area contributed by atoms with Gasteiger partial charge in [-0.25, -0.2) is 9.59 Å². The van der Waals surface area contributed by atoms with Crippen molar-refractivity contribution in [3.8, 4) is 0 Å². The Morgan fingerprint density at radius 3 is 2.68 bits per heavy atom. The normalized spacial score (nSPS) is 11.9. The van der Waals surface area contributed by atoms with Crippen molar-refractivity contribution in [2.75, 3.05) is 0 Å². The predicted molar refractivity (Wildman–Crippen MR) is 69.6 cm³/mol. The second kappa shape index (κ2) is 6.77. The maximum absolute atomic E-state index is 11.6. The first-order valence-electron chi connectivity index (χ1n) is 6.20. The van der Waals surface area contributed by atoms with Crippen LogP contribution in [0.15, 0.2) is 6.20 Å². The summed E-state index contributed by atoms with van der Waals surface area (Å²) in [5.41, 5.74) is 1.74. The molecule has 0 aliphatic heterocycles. The van der Waals surface area contributed by atoms with E-state index in [1.807, 2.05) is 20.0 Å². The van der Waals surface area contributed by atoms with Gasteiger partial charge in [0, 0.05) is 25.4 Å². The summed E-state index contributed by atoms with van der Waals surface area (Å²) in [5, 5.41) is 18.2. The lowest BCUT2D eigenvalue weighted by Gasteiger charge is -2.14. The number of rotatable bonds is 6. The first-order valence-corrected chi connectivity index (χ1v) is 6.20. The third-order valence-electron chi connectivity index (χ3n) is 2.74. The summed E-state index contributed by atoms with van der Waals surface area (Å²) in [4.78, 5) is 22.5. The highest BCUT2D eigenvalue weighted by Crippen LogP contribution is 2.03. The molecule has 0 aliphatic rings. The minimum Gasteiger partial charge on any atom is -0.480 e. The molecule has 1 atom stereocenters. The van der Waals surface area contributed by atoms with E-state index in [4.69, 9.17) is 5.11 Å². The van der Waals surface area contributed by atoms with Crippen LogP contribution >= 0.6 is 0 Å². The largest absolute Gasteiger partial charge is 0.480 e. The summed E-state index contributed by atoms with van der Waals surface area (Å²) in [7, 11) is 1.80. The summed E-state index contributed by atoms with van der Waals surface area (Å²) in [6.45, 7) is 4.05. The van der Waals surface area contributed by atoms with Gasteiger partial charge >= 0.3 is 12.0 Å². The summed E-state index contributed by atoms with van der Waals surface area (Å²) in [5.74, 6) is -1.02. The number of aromatic nitrogens is 2. The van der Waals surface area contributed by atoms with Crippen molar-refractivity contribution in [2.45, 2.75) is 39.3 Å². The van der Waals surface area contributed by atoms with Gasteiger partial charge in [-0.15, -0.1) is 0 Å². The molecule has 0 aromatic carbocycles. The van der Waals surface area contributed by atoms with Crippen LogP contribution in [-0.2, 0) is 18.4 Å². The Labute approximate surface area is 112 Å². The van der Waals surface area contributed by atoms with Crippen molar-refractivity contribution in [3.63, 3.8) is 0 Å². The highest BCUT2D eigenvalue weighted by molar-refractivity contribution is 5.82. The average molecular weight is 268 g/mol. The molecule has 0 unspecified atom stereocenters. The van der Waals surface area contributed by atoms with Crippen molar-refractivity contribution < 1.29 is 14.7 Å². The molecule has 0 bridgehead atoms. The Kier molecular flexibility index (Phi) is 5.35. The predicted octanol–water partition coefficient (Wildman–Crippen LogP) is 0.781. The molecule has 0 saturated heterocycles. The van der Waals surface area contributed by atoms with E-state index in [1.165, 1.54) is 0 Å². The maximum Gasteiger partial charge on any atom is 0.326 e. The van der Waals surface area contributed by atoms with Crippen LogP contribution in [0.25, 0.3) is 0 Å². The van der Waals surface area contributed by atoms with Crippen LogP contribution in [-0.4, -0.2) is 32.9 Å². The van der Waals surface area contributed by atoms with Gasteiger partial charge in [-0.1, -0.05) is 13.3 Å².